The molecule has 1 amide bonds. The Morgan fingerprint density at radius 3 is 1.74 bits per heavy atom. The molecule has 0 fully saturated rings. The minimum absolute atomic E-state index is 0.00354. The Bertz CT molecular complexity index is 1150. The monoisotopic (exact) mass is 646 g/mol. The molecule has 13 heteroatoms. The first-order valence-corrected chi connectivity index (χ1v) is 15.4. The Hall–Kier alpha value is -3.43. The molecule has 0 radical (unpaired) electrons. The molecule has 13 nitrogen and oxygen atoms in total. The second kappa shape index (κ2) is 22.2. The van der Waals surface area contributed by atoms with Crippen molar-refractivity contribution < 1.29 is 52.3 Å². The van der Waals surface area contributed by atoms with Crippen molar-refractivity contribution in [3.63, 3.8) is 0 Å². The molecule has 2 N–H and O–H groups in total. The number of benzene rings is 2. The average molecular weight is 647 g/mol. The summed E-state index contributed by atoms with van der Waals surface area (Å²) in [7, 11) is 3.19. The van der Waals surface area contributed by atoms with Crippen molar-refractivity contribution in [2.75, 3.05) is 100.0 Å². The maximum Gasteiger partial charge on any atom is 0.516 e. The highest BCUT2D eigenvalue weighted by Gasteiger charge is 2.30. The Morgan fingerprint density at radius 1 is 0.674 bits per heavy atom. The van der Waals surface area contributed by atoms with Crippen molar-refractivity contribution in [2.24, 2.45) is 0 Å². The van der Waals surface area contributed by atoms with Gasteiger partial charge in [-0.2, -0.15) is 0 Å². The zero-order valence-corrected chi connectivity index (χ0v) is 26.7. The zero-order valence-electron chi connectivity index (χ0n) is 26.7. The fraction of sp³-hybridized carbons (Fsp3) is 0.545. The highest BCUT2D eigenvalue weighted by atomic mass is 16.7. The highest BCUT2D eigenvalue weighted by Crippen LogP contribution is 2.44. The van der Waals surface area contributed by atoms with Crippen LogP contribution in [0.2, 0.25) is 0 Å². The fourth-order valence-corrected chi connectivity index (χ4v) is 4.77. The lowest BCUT2D eigenvalue weighted by molar-refractivity contribution is -0.144. The maximum atomic E-state index is 13.0. The van der Waals surface area contributed by atoms with E-state index < -0.39 is 24.1 Å². The number of hydrogen-bond donors (Lipinski definition) is 2. The van der Waals surface area contributed by atoms with Gasteiger partial charge in [0, 0.05) is 33.2 Å². The van der Waals surface area contributed by atoms with Crippen molar-refractivity contribution in [3.05, 3.63) is 59.7 Å². The molecule has 1 atom stereocenters. The lowest BCUT2D eigenvalue weighted by Crippen LogP contribution is -2.44. The van der Waals surface area contributed by atoms with E-state index in [0.717, 1.165) is 22.3 Å². The van der Waals surface area contributed by atoms with Gasteiger partial charge in [-0.1, -0.05) is 48.5 Å². The molecular formula is C33H46N2O11. The summed E-state index contributed by atoms with van der Waals surface area (Å²) in [5.41, 5.74) is 4.23. The molecule has 46 heavy (non-hydrogen) atoms. The molecule has 0 unspecified atom stereocenters. The van der Waals surface area contributed by atoms with Crippen LogP contribution in [0.4, 0.5) is 4.79 Å². The van der Waals surface area contributed by atoms with Gasteiger partial charge in [-0.25, -0.2) is 9.59 Å². The highest BCUT2D eigenvalue weighted by molar-refractivity contribution is 5.90. The van der Waals surface area contributed by atoms with Crippen LogP contribution in [0.5, 0.6) is 0 Å². The van der Waals surface area contributed by atoms with E-state index in [1.807, 2.05) is 48.5 Å². The predicted molar refractivity (Wildman–Crippen MR) is 168 cm³/mol. The van der Waals surface area contributed by atoms with Crippen LogP contribution in [0.15, 0.2) is 48.5 Å². The number of carbonyl (C=O) groups excluding carboxylic acids is 3. The normalized spacial score (nSPS) is 12.7. The molecule has 0 aliphatic heterocycles. The number of carbonyl (C=O) groups is 3. The topological polar surface area (TPSA) is 149 Å². The van der Waals surface area contributed by atoms with Gasteiger partial charge in [0.05, 0.1) is 72.5 Å². The first-order valence-electron chi connectivity index (χ1n) is 15.4. The van der Waals surface area contributed by atoms with Gasteiger partial charge in [-0.15, -0.1) is 0 Å². The molecule has 2 aromatic rings. The molecule has 0 spiro atoms. The number of amides is 1. The molecule has 254 valence electrons. The third kappa shape index (κ3) is 13.1. The van der Waals surface area contributed by atoms with Crippen molar-refractivity contribution in [1.29, 1.82) is 0 Å². The van der Waals surface area contributed by atoms with Crippen LogP contribution < -0.4 is 10.6 Å². The number of ether oxygens (including phenoxy) is 8. The number of rotatable bonds is 24. The van der Waals surface area contributed by atoms with E-state index in [1.165, 1.54) is 0 Å². The van der Waals surface area contributed by atoms with Crippen molar-refractivity contribution in [3.8, 4) is 11.1 Å². The molecule has 0 saturated carbocycles. The minimum Gasteiger partial charge on any atom is -0.433 e. The van der Waals surface area contributed by atoms with E-state index >= 15 is 0 Å². The number of hydrogen-bond acceptors (Lipinski definition) is 12. The number of methoxy groups -OCH3 is 2. The van der Waals surface area contributed by atoms with Crippen LogP contribution >= 0.6 is 0 Å². The van der Waals surface area contributed by atoms with E-state index in [9.17, 15) is 14.4 Å². The number of fused-ring (bicyclic) bond motifs is 3. The standard InChI is InChI=1S/C33H46N2O11/c1-39-15-17-43-21-19-41-13-11-34-30(23-31(36)35-12-14-42-20-22-44-18-16-40-2)32(37)46-33(38)45-24-29-27-9-5-3-7-25(27)26-8-4-6-10-28(26)29/h3-10,29-30,34H,11-24H2,1-2H3,(H,35,36)/t30-/m0/s1. The first kappa shape index (κ1) is 37.0. The molecule has 0 heterocycles. The Morgan fingerprint density at radius 2 is 1.17 bits per heavy atom. The maximum absolute atomic E-state index is 13.0. The van der Waals surface area contributed by atoms with Crippen LogP contribution in [-0.2, 0) is 47.5 Å². The van der Waals surface area contributed by atoms with Gasteiger partial charge >= 0.3 is 12.1 Å². The summed E-state index contributed by atoms with van der Waals surface area (Å²) in [6.07, 6.45) is -1.40. The van der Waals surface area contributed by atoms with Gasteiger partial charge in [0.25, 0.3) is 0 Å². The van der Waals surface area contributed by atoms with E-state index in [-0.39, 0.29) is 45.2 Å². The molecule has 3 rings (SSSR count). The van der Waals surface area contributed by atoms with Crippen molar-refractivity contribution in [1.82, 2.24) is 10.6 Å². The predicted octanol–water partition coefficient (Wildman–Crippen LogP) is 2.30. The van der Waals surface area contributed by atoms with Crippen LogP contribution in [0, 0.1) is 0 Å². The quantitative estimate of drug-likeness (QED) is 0.0979. The summed E-state index contributed by atoms with van der Waals surface area (Å²) in [5.74, 6) is -1.54. The van der Waals surface area contributed by atoms with Crippen molar-refractivity contribution >= 4 is 18.0 Å². The second-order valence-corrected chi connectivity index (χ2v) is 10.2. The molecule has 0 bridgehead atoms. The SMILES string of the molecule is COCCOCCOCCNC(=O)C[C@H](NCCOCCOCCOC)C(=O)OC(=O)OCC1c2ccccc2-c2ccccc21. The smallest absolute Gasteiger partial charge is 0.433 e. The molecule has 1 aliphatic rings. The van der Waals surface area contributed by atoms with Gasteiger partial charge in [-0.3, -0.25) is 4.79 Å². The van der Waals surface area contributed by atoms with Gasteiger partial charge in [0.2, 0.25) is 5.91 Å². The summed E-state index contributed by atoms with van der Waals surface area (Å²) in [5, 5.41) is 5.64. The lowest BCUT2D eigenvalue weighted by Gasteiger charge is -2.18. The molecule has 0 saturated heterocycles. The van der Waals surface area contributed by atoms with Gasteiger partial charge in [-0.05, 0) is 22.3 Å². The molecule has 0 aromatic heterocycles. The zero-order chi connectivity index (χ0) is 32.8. The van der Waals surface area contributed by atoms with E-state index in [4.69, 9.17) is 37.9 Å². The molecule has 1 aliphatic carbocycles. The summed E-state index contributed by atoms with van der Waals surface area (Å²) < 4.78 is 41.9. The number of nitrogens with one attached hydrogen (secondary N) is 2. The third-order valence-electron chi connectivity index (χ3n) is 7.00. The minimum atomic E-state index is -1.13. The van der Waals surface area contributed by atoms with Crippen LogP contribution in [0.3, 0.4) is 0 Å². The first-order chi connectivity index (χ1) is 22.5. The largest absolute Gasteiger partial charge is 0.516 e. The Balaban J connectivity index is 1.45. The van der Waals surface area contributed by atoms with Gasteiger partial charge < -0.3 is 48.5 Å². The summed E-state index contributed by atoms with van der Waals surface area (Å²) in [6.45, 7) is 4.41. The van der Waals surface area contributed by atoms with E-state index in [2.05, 4.69) is 10.6 Å². The van der Waals surface area contributed by atoms with Crippen molar-refractivity contribution in [2.45, 2.75) is 18.4 Å². The van der Waals surface area contributed by atoms with Crippen LogP contribution in [-0.4, -0.2) is 124 Å². The van der Waals surface area contributed by atoms with Crippen LogP contribution in [0.25, 0.3) is 11.1 Å². The number of esters is 1. The summed E-state index contributed by atoms with van der Waals surface area (Å²) in [6, 6.07) is 14.7. The fourth-order valence-electron chi connectivity index (χ4n) is 4.77. The van der Waals surface area contributed by atoms with Gasteiger partial charge in [0.1, 0.15) is 12.6 Å². The average Bonchev–Trinajstić information content (AvgIpc) is 3.38. The van der Waals surface area contributed by atoms with E-state index in [0.29, 0.717) is 52.9 Å². The molecule has 2 aromatic carbocycles. The van der Waals surface area contributed by atoms with Crippen LogP contribution in [0.1, 0.15) is 23.5 Å². The third-order valence-corrected chi connectivity index (χ3v) is 7.00. The summed E-state index contributed by atoms with van der Waals surface area (Å²) >= 11 is 0. The van der Waals surface area contributed by atoms with Gasteiger partial charge in [0.15, 0.2) is 0 Å². The Labute approximate surface area is 270 Å². The van der Waals surface area contributed by atoms with E-state index in [1.54, 1.807) is 14.2 Å². The Kier molecular flexibility index (Phi) is 17.8. The lowest BCUT2D eigenvalue weighted by atomic mass is 9.98. The molecular weight excluding hydrogens is 600 g/mol. The second-order valence-electron chi connectivity index (χ2n) is 10.2. The summed E-state index contributed by atoms with van der Waals surface area (Å²) in [4.78, 5) is 38.2.